The van der Waals surface area contributed by atoms with Crippen molar-refractivity contribution in [3.8, 4) is 0 Å². The molecule has 2 saturated heterocycles. The average molecular weight is 597 g/mol. The molecule has 0 saturated carbocycles. The van der Waals surface area contributed by atoms with Crippen molar-refractivity contribution in [1.82, 2.24) is 20.4 Å². The zero-order chi connectivity index (χ0) is 28.6. The third-order valence-corrected chi connectivity index (χ3v) is 8.05. The van der Waals surface area contributed by atoms with Gasteiger partial charge in [0.1, 0.15) is 5.82 Å². The van der Waals surface area contributed by atoms with Gasteiger partial charge in [0.15, 0.2) is 5.76 Å². The van der Waals surface area contributed by atoms with E-state index in [4.69, 9.17) is 27.6 Å². The number of anilines is 1. The second-order valence-electron chi connectivity index (χ2n) is 10.3. The molecule has 2 aromatic carbocycles. The Morgan fingerprint density at radius 2 is 1.78 bits per heavy atom. The summed E-state index contributed by atoms with van der Waals surface area (Å²) in [6.45, 7) is 4.10. The first-order valence-electron chi connectivity index (χ1n) is 14.1. The smallest absolute Gasteiger partial charge is 0.289 e. The van der Waals surface area contributed by atoms with Crippen molar-refractivity contribution in [3.63, 3.8) is 0 Å². The fourth-order valence-electron chi connectivity index (χ4n) is 5.13. The third kappa shape index (κ3) is 7.85. The van der Waals surface area contributed by atoms with Gasteiger partial charge in [-0.15, -0.1) is 0 Å². The molecule has 2 aliphatic rings. The zero-order valence-corrected chi connectivity index (χ0v) is 24.4. The minimum absolute atomic E-state index is 0.0767. The van der Waals surface area contributed by atoms with E-state index in [0.717, 1.165) is 30.0 Å². The molecule has 3 aromatic rings. The summed E-state index contributed by atoms with van der Waals surface area (Å²) < 4.78 is 5.30. The Hall–Kier alpha value is -3.46. The fourth-order valence-corrected chi connectivity index (χ4v) is 5.64. The number of rotatable bonds is 9. The third-order valence-electron chi connectivity index (χ3n) is 7.46. The van der Waals surface area contributed by atoms with Gasteiger partial charge >= 0.3 is 0 Å². The first kappa shape index (κ1) is 29.0. The van der Waals surface area contributed by atoms with Gasteiger partial charge in [-0.3, -0.25) is 9.59 Å². The molecule has 216 valence electrons. The molecule has 2 aliphatic heterocycles. The number of nitrogens with zero attached hydrogens (tertiary/aromatic N) is 2. The van der Waals surface area contributed by atoms with E-state index in [9.17, 15) is 9.59 Å². The van der Waals surface area contributed by atoms with Crippen LogP contribution in [0.4, 0.5) is 5.69 Å². The number of piperidine rings is 1. The van der Waals surface area contributed by atoms with E-state index < -0.39 is 0 Å². The van der Waals surface area contributed by atoms with Crippen molar-refractivity contribution in [3.05, 3.63) is 99.7 Å². The van der Waals surface area contributed by atoms with Crippen molar-refractivity contribution in [2.45, 2.75) is 31.7 Å². The van der Waals surface area contributed by atoms with E-state index in [1.807, 2.05) is 35.2 Å². The van der Waals surface area contributed by atoms with Crippen LogP contribution in [-0.4, -0.2) is 66.9 Å². The summed E-state index contributed by atoms with van der Waals surface area (Å²) in [5, 5.41) is 11.3. The van der Waals surface area contributed by atoms with Gasteiger partial charge in [-0.1, -0.05) is 35.7 Å². The molecule has 2 amide bonds. The van der Waals surface area contributed by atoms with Crippen LogP contribution in [0.15, 0.2) is 77.2 Å². The van der Waals surface area contributed by atoms with Crippen molar-refractivity contribution >= 4 is 40.7 Å². The lowest BCUT2D eigenvalue weighted by molar-refractivity contribution is 0.0638. The second-order valence-corrected chi connectivity index (χ2v) is 11.2. The van der Waals surface area contributed by atoms with Crippen LogP contribution in [0, 0.1) is 0 Å². The number of carbonyl (C=O) groups excluding carboxylic acids is 2. The Labute approximate surface area is 250 Å². The summed E-state index contributed by atoms with van der Waals surface area (Å²) in [7, 11) is 0. The minimum Gasteiger partial charge on any atom is -0.459 e. The van der Waals surface area contributed by atoms with Crippen LogP contribution >= 0.6 is 23.2 Å². The minimum atomic E-state index is -0.138. The van der Waals surface area contributed by atoms with Gasteiger partial charge in [0, 0.05) is 60.1 Å². The molecule has 10 heteroatoms. The van der Waals surface area contributed by atoms with Crippen molar-refractivity contribution in [2.24, 2.45) is 0 Å². The van der Waals surface area contributed by atoms with E-state index in [1.54, 1.807) is 24.3 Å². The van der Waals surface area contributed by atoms with Crippen molar-refractivity contribution in [2.75, 3.05) is 44.6 Å². The number of hydrogen-bond acceptors (Lipinski definition) is 6. The molecule has 0 bridgehead atoms. The van der Waals surface area contributed by atoms with Crippen LogP contribution in [-0.2, 0) is 6.42 Å². The van der Waals surface area contributed by atoms with Gasteiger partial charge in [0.05, 0.1) is 6.26 Å². The van der Waals surface area contributed by atoms with Gasteiger partial charge in [0.2, 0.25) is 0 Å². The topological polar surface area (TPSA) is 89.9 Å². The van der Waals surface area contributed by atoms with Crippen molar-refractivity contribution in [1.29, 1.82) is 0 Å². The lowest BCUT2D eigenvalue weighted by Crippen LogP contribution is -2.49. The lowest BCUT2D eigenvalue weighted by atomic mass is 10.0. The van der Waals surface area contributed by atoms with Gasteiger partial charge in [-0.2, -0.15) is 0 Å². The van der Waals surface area contributed by atoms with Gasteiger partial charge < -0.3 is 30.2 Å². The molecular weight excluding hydrogens is 561 g/mol. The van der Waals surface area contributed by atoms with Crippen LogP contribution < -0.4 is 16.0 Å². The normalized spacial score (nSPS) is 17.8. The quantitative estimate of drug-likeness (QED) is 0.306. The number of hydrogen-bond donors (Lipinski definition) is 3. The predicted octanol–water partition coefficient (Wildman–Crippen LogP) is 5.41. The number of carbonyl (C=O) groups is 2. The number of halogens is 2. The molecule has 5 rings (SSSR count). The number of benzene rings is 2. The Balaban J connectivity index is 1.19. The van der Waals surface area contributed by atoms with Crippen LogP contribution in [0.5, 0.6) is 0 Å². The van der Waals surface area contributed by atoms with E-state index >= 15 is 0 Å². The first-order valence-corrected chi connectivity index (χ1v) is 14.8. The number of furan rings is 1. The predicted molar refractivity (Wildman–Crippen MR) is 162 cm³/mol. The largest absolute Gasteiger partial charge is 0.459 e. The lowest BCUT2D eigenvalue weighted by Gasteiger charge is -2.38. The Morgan fingerprint density at radius 1 is 1.00 bits per heavy atom. The Bertz CT molecular complexity index is 1350. The molecule has 3 N–H and O–H groups in total. The molecule has 3 heterocycles. The molecule has 8 nitrogen and oxygen atoms in total. The number of nitrogens with one attached hydrogen (secondary N) is 3. The summed E-state index contributed by atoms with van der Waals surface area (Å²) in [5.74, 6) is 1.16. The van der Waals surface area contributed by atoms with Gasteiger partial charge in [-0.05, 0) is 86.0 Å². The zero-order valence-electron chi connectivity index (χ0n) is 22.9. The monoisotopic (exact) mass is 595 g/mol. The van der Waals surface area contributed by atoms with Crippen molar-refractivity contribution < 1.29 is 14.0 Å². The Morgan fingerprint density at radius 3 is 2.46 bits per heavy atom. The maximum Gasteiger partial charge on any atom is 0.289 e. The van der Waals surface area contributed by atoms with Crippen LogP contribution in [0.25, 0.3) is 0 Å². The molecule has 41 heavy (non-hydrogen) atoms. The number of amides is 2. The highest BCUT2D eigenvalue weighted by Crippen LogP contribution is 2.22. The molecule has 1 unspecified atom stereocenters. The summed E-state index contributed by atoms with van der Waals surface area (Å²) >= 11 is 12.2. The molecule has 0 radical (unpaired) electrons. The summed E-state index contributed by atoms with van der Waals surface area (Å²) in [6, 6.07) is 16.6. The van der Waals surface area contributed by atoms with E-state index in [-0.39, 0.29) is 17.9 Å². The van der Waals surface area contributed by atoms with E-state index in [2.05, 4.69) is 26.9 Å². The highest BCUT2D eigenvalue weighted by Gasteiger charge is 2.25. The SMILES string of the molecule is O=C(NCCc1ccc(Cl)cc1Cl)c1ccc(NC(=CC2CCCCN2)N2CCN(C(=O)c3ccco3)CC2)cc1. The molecule has 0 spiro atoms. The molecular formula is C31H35Cl2N5O3. The summed E-state index contributed by atoms with van der Waals surface area (Å²) in [5.41, 5.74) is 2.42. The summed E-state index contributed by atoms with van der Waals surface area (Å²) in [4.78, 5) is 29.6. The van der Waals surface area contributed by atoms with Gasteiger partial charge in [0.25, 0.3) is 11.8 Å². The van der Waals surface area contributed by atoms with Crippen LogP contribution in [0.3, 0.4) is 0 Å². The average Bonchev–Trinajstić information content (AvgIpc) is 3.54. The molecule has 2 fully saturated rings. The highest BCUT2D eigenvalue weighted by atomic mass is 35.5. The molecule has 1 aromatic heterocycles. The number of piperazine rings is 1. The summed E-state index contributed by atoms with van der Waals surface area (Å²) in [6.07, 6.45) is 7.87. The van der Waals surface area contributed by atoms with E-state index in [0.29, 0.717) is 60.5 Å². The first-order chi connectivity index (χ1) is 20.0. The van der Waals surface area contributed by atoms with Crippen LogP contribution in [0.1, 0.15) is 45.7 Å². The van der Waals surface area contributed by atoms with Gasteiger partial charge in [-0.25, -0.2) is 0 Å². The van der Waals surface area contributed by atoms with E-state index in [1.165, 1.54) is 19.1 Å². The second kappa shape index (κ2) is 13.9. The highest BCUT2D eigenvalue weighted by molar-refractivity contribution is 6.35. The standard InChI is InChI=1S/C31H35Cl2N5O3/c32-24-9-6-22(27(33)20-24)12-14-35-30(39)23-7-10-25(11-8-23)36-29(21-26-4-1-2-13-34-26)37-15-17-38(18-16-37)31(40)28-5-3-19-41-28/h3,5-11,19-21,26,34,36H,1-2,4,12-18H2,(H,35,39). The maximum absolute atomic E-state index is 12.7. The Kier molecular flexibility index (Phi) is 9.88. The molecule has 0 aliphatic carbocycles. The maximum atomic E-state index is 12.7. The van der Waals surface area contributed by atoms with Crippen LogP contribution in [0.2, 0.25) is 10.0 Å². The fraction of sp³-hybridized carbons (Fsp3) is 0.355. The molecule has 1 atom stereocenters.